The van der Waals surface area contributed by atoms with Gasteiger partial charge in [0, 0.05) is 25.2 Å². The fourth-order valence-corrected chi connectivity index (χ4v) is 3.16. The monoisotopic (exact) mass is 290 g/mol. The van der Waals surface area contributed by atoms with Crippen LogP contribution in [0.4, 0.5) is 0 Å². The molecular formula is C12H19ClN2O2S. The molecule has 4 nitrogen and oxygen atoms in total. The molecule has 0 aromatic heterocycles. The van der Waals surface area contributed by atoms with Gasteiger partial charge in [0.15, 0.2) is 0 Å². The van der Waals surface area contributed by atoms with Gasteiger partial charge in [-0.3, -0.25) is 0 Å². The topological polar surface area (TPSA) is 49.4 Å². The van der Waals surface area contributed by atoms with E-state index in [9.17, 15) is 8.42 Å². The van der Waals surface area contributed by atoms with Gasteiger partial charge in [-0.05, 0) is 25.6 Å². The zero-order chi connectivity index (χ0) is 13.8. The maximum atomic E-state index is 12.2. The summed E-state index contributed by atoms with van der Waals surface area (Å²) in [5.41, 5.74) is 0.807. The van der Waals surface area contributed by atoms with E-state index in [1.54, 1.807) is 27.1 Å². The van der Waals surface area contributed by atoms with E-state index in [0.29, 0.717) is 11.6 Å². The van der Waals surface area contributed by atoms with Gasteiger partial charge in [-0.15, -0.1) is 0 Å². The first-order chi connectivity index (χ1) is 8.39. The van der Waals surface area contributed by atoms with E-state index in [1.165, 1.54) is 4.31 Å². The highest BCUT2D eigenvalue weighted by molar-refractivity contribution is 7.89. The molecule has 0 aliphatic carbocycles. The van der Waals surface area contributed by atoms with Gasteiger partial charge in [0.2, 0.25) is 10.0 Å². The molecule has 1 atom stereocenters. The molecule has 0 spiro atoms. The molecule has 0 bridgehead atoms. The zero-order valence-corrected chi connectivity index (χ0v) is 12.4. The highest BCUT2D eigenvalue weighted by atomic mass is 35.5. The Morgan fingerprint density at radius 1 is 1.39 bits per heavy atom. The largest absolute Gasteiger partial charge is 0.318 e. The van der Waals surface area contributed by atoms with E-state index >= 15 is 0 Å². The Morgan fingerprint density at radius 3 is 2.56 bits per heavy atom. The van der Waals surface area contributed by atoms with Gasteiger partial charge < -0.3 is 5.32 Å². The number of nitrogens with zero attached hydrogens (tertiary/aromatic N) is 1. The van der Waals surface area contributed by atoms with Crippen molar-refractivity contribution in [3.8, 4) is 0 Å². The number of rotatable bonds is 6. The van der Waals surface area contributed by atoms with Gasteiger partial charge in [0.25, 0.3) is 0 Å². The molecule has 0 aliphatic rings. The first-order valence-electron chi connectivity index (χ1n) is 5.72. The fourth-order valence-electron chi connectivity index (χ4n) is 1.66. The second kappa shape index (κ2) is 6.52. The molecule has 18 heavy (non-hydrogen) atoms. The Kier molecular flexibility index (Phi) is 5.59. The van der Waals surface area contributed by atoms with Gasteiger partial charge in [-0.2, -0.15) is 0 Å². The predicted octanol–water partition coefficient (Wildman–Crippen LogP) is 1.71. The van der Waals surface area contributed by atoms with Crippen LogP contribution in [0.3, 0.4) is 0 Å². The number of benzene rings is 1. The van der Waals surface area contributed by atoms with Crippen LogP contribution in [0.15, 0.2) is 24.3 Å². The summed E-state index contributed by atoms with van der Waals surface area (Å²) in [6.07, 6.45) is 0. The maximum absolute atomic E-state index is 12.2. The first kappa shape index (κ1) is 15.4. The summed E-state index contributed by atoms with van der Waals surface area (Å²) in [7, 11) is 0.00652. The Morgan fingerprint density at radius 2 is 2.00 bits per heavy atom. The third-order valence-electron chi connectivity index (χ3n) is 2.79. The highest BCUT2D eigenvalue weighted by Gasteiger charge is 2.25. The quantitative estimate of drug-likeness (QED) is 0.868. The van der Waals surface area contributed by atoms with Crippen molar-refractivity contribution in [2.75, 3.05) is 20.6 Å². The minimum absolute atomic E-state index is 0.288. The maximum Gasteiger partial charge on any atom is 0.218 e. The summed E-state index contributed by atoms with van der Waals surface area (Å²) in [4.78, 5) is 0. The van der Waals surface area contributed by atoms with Crippen LogP contribution in [0, 0.1) is 0 Å². The average molecular weight is 291 g/mol. The van der Waals surface area contributed by atoms with Crippen LogP contribution in [0.1, 0.15) is 12.5 Å². The number of hydrogen-bond acceptors (Lipinski definition) is 3. The number of sulfonamides is 1. The van der Waals surface area contributed by atoms with Gasteiger partial charge in [-0.1, -0.05) is 29.8 Å². The molecular weight excluding hydrogens is 272 g/mol. The highest BCUT2D eigenvalue weighted by Crippen LogP contribution is 2.18. The van der Waals surface area contributed by atoms with Crippen molar-refractivity contribution in [3.63, 3.8) is 0 Å². The second-order valence-electron chi connectivity index (χ2n) is 4.26. The SMILES string of the molecule is CNCC(C)S(=O)(=O)N(C)Cc1ccccc1Cl. The van der Waals surface area contributed by atoms with E-state index in [-0.39, 0.29) is 6.54 Å². The van der Waals surface area contributed by atoms with Crippen molar-refractivity contribution in [1.29, 1.82) is 0 Å². The molecule has 0 aliphatic heterocycles. The summed E-state index contributed by atoms with van der Waals surface area (Å²) in [5.74, 6) is 0. The lowest BCUT2D eigenvalue weighted by molar-refractivity contribution is 0.455. The lowest BCUT2D eigenvalue weighted by Crippen LogP contribution is -2.39. The molecule has 0 saturated carbocycles. The third-order valence-corrected chi connectivity index (χ3v) is 5.34. The van der Waals surface area contributed by atoms with Gasteiger partial charge >= 0.3 is 0 Å². The van der Waals surface area contributed by atoms with Crippen molar-refractivity contribution in [2.24, 2.45) is 0 Å². The van der Waals surface area contributed by atoms with Crippen molar-refractivity contribution >= 4 is 21.6 Å². The smallest absolute Gasteiger partial charge is 0.218 e. The lowest BCUT2D eigenvalue weighted by atomic mass is 10.2. The summed E-state index contributed by atoms with van der Waals surface area (Å²) >= 11 is 6.03. The van der Waals surface area contributed by atoms with Crippen LogP contribution < -0.4 is 5.32 Å². The molecule has 1 aromatic carbocycles. The fraction of sp³-hybridized carbons (Fsp3) is 0.500. The van der Waals surface area contributed by atoms with Crippen LogP contribution in [-0.4, -0.2) is 38.6 Å². The summed E-state index contributed by atoms with van der Waals surface area (Å²) in [6.45, 7) is 2.40. The standard InChI is InChI=1S/C12H19ClN2O2S/c1-10(8-14-2)18(16,17)15(3)9-11-6-4-5-7-12(11)13/h4-7,10,14H,8-9H2,1-3H3. The van der Waals surface area contributed by atoms with Crippen LogP contribution in [0.5, 0.6) is 0 Å². The van der Waals surface area contributed by atoms with E-state index in [2.05, 4.69) is 5.32 Å². The van der Waals surface area contributed by atoms with E-state index < -0.39 is 15.3 Å². The predicted molar refractivity (Wildman–Crippen MR) is 75.2 cm³/mol. The molecule has 0 amide bonds. The molecule has 1 unspecified atom stereocenters. The molecule has 0 fully saturated rings. The average Bonchev–Trinajstić information content (AvgIpc) is 2.32. The van der Waals surface area contributed by atoms with Crippen LogP contribution in [0.2, 0.25) is 5.02 Å². The molecule has 0 heterocycles. The summed E-state index contributed by atoms with van der Waals surface area (Å²) < 4.78 is 25.7. The van der Waals surface area contributed by atoms with Crippen LogP contribution in [0.25, 0.3) is 0 Å². The van der Waals surface area contributed by atoms with Crippen molar-refractivity contribution in [2.45, 2.75) is 18.7 Å². The number of halogens is 1. The molecule has 0 radical (unpaired) electrons. The molecule has 1 N–H and O–H groups in total. The minimum atomic E-state index is -3.30. The lowest BCUT2D eigenvalue weighted by Gasteiger charge is -2.22. The van der Waals surface area contributed by atoms with Crippen molar-refractivity contribution < 1.29 is 8.42 Å². The summed E-state index contributed by atoms with van der Waals surface area (Å²) in [5, 5.41) is 2.99. The third kappa shape index (κ3) is 3.68. The first-order valence-corrected chi connectivity index (χ1v) is 7.61. The minimum Gasteiger partial charge on any atom is -0.318 e. The molecule has 6 heteroatoms. The zero-order valence-electron chi connectivity index (χ0n) is 10.9. The van der Waals surface area contributed by atoms with Gasteiger partial charge in [-0.25, -0.2) is 12.7 Å². The molecule has 102 valence electrons. The molecule has 1 aromatic rings. The molecule has 1 rings (SSSR count). The Bertz CT molecular complexity index is 491. The number of hydrogen-bond donors (Lipinski definition) is 1. The van der Waals surface area contributed by atoms with Crippen molar-refractivity contribution in [1.82, 2.24) is 9.62 Å². The van der Waals surface area contributed by atoms with Crippen molar-refractivity contribution in [3.05, 3.63) is 34.9 Å². The van der Waals surface area contributed by atoms with Gasteiger partial charge in [0.1, 0.15) is 0 Å². The van der Waals surface area contributed by atoms with Crippen LogP contribution >= 0.6 is 11.6 Å². The van der Waals surface area contributed by atoms with Gasteiger partial charge in [0.05, 0.1) is 5.25 Å². The van der Waals surface area contributed by atoms with E-state index in [1.807, 2.05) is 18.2 Å². The Labute approximate surface area is 114 Å². The van der Waals surface area contributed by atoms with E-state index in [0.717, 1.165) is 5.56 Å². The Hall–Kier alpha value is -0.620. The second-order valence-corrected chi connectivity index (χ2v) is 7.13. The Balaban J connectivity index is 2.83. The van der Waals surface area contributed by atoms with E-state index in [4.69, 9.17) is 11.6 Å². The molecule has 0 saturated heterocycles. The van der Waals surface area contributed by atoms with Crippen LogP contribution in [-0.2, 0) is 16.6 Å². The normalized spacial score (nSPS) is 13.8. The number of nitrogens with one attached hydrogen (secondary N) is 1. The summed E-state index contributed by atoms with van der Waals surface area (Å²) in [6, 6.07) is 7.26.